The number of ether oxygens (including phenoxy) is 2. The Morgan fingerprint density at radius 2 is 2.00 bits per heavy atom. The SMILES string of the molecule is COC(=O)c1cc(OC)c2nc(Cl)c(C)cc2c1. The molecule has 1 aromatic heterocycles. The van der Waals surface area contributed by atoms with E-state index in [0.29, 0.717) is 22.0 Å². The Morgan fingerprint density at radius 1 is 1.28 bits per heavy atom. The van der Waals surface area contributed by atoms with Gasteiger partial charge in [-0.3, -0.25) is 0 Å². The molecule has 0 atom stereocenters. The molecule has 2 aromatic rings. The van der Waals surface area contributed by atoms with E-state index < -0.39 is 5.97 Å². The Kier molecular flexibility index (Phi) is 3.39. The van der Waals surface area contributed by atoms with Crippen molar-refractivity contribution in [1.29, 1.82) is 0 Å². The molecule has 0 radical (unpaired) electrons. The fourth-order valence-corrected chi connectivity index (χ4v) is 1.87. The molecular formula is C13H12ClNO3. The fraction of sp³-hybridized carbons (Fsp3) is 0.231. The summed E-state index contributed by atoms with van der Waals surface area (Å²) >= 11 is 5.99. The first-order chi connectivity index (χ1) is 8.56. The first kappa shape index (κ1) is 12.6. The lowest BCUT2D eigenvalue weighted by Gasteiger charge is -2.09. The van der Waals surface area contributed by atoms with Gasteiger partial charge in [0.25, 0.3) is 0 Å². The molecule has 1 heterocycles. The number of methoxy groups -OCH3 is 2. The summed E-state index contributed by atoms with van der Waals surface area (Å²) in [4.78, 5) is 15.8. The summed E-state index contributed by atoms with van der Waals surface area (Å²) in [6, 6.07) is 5.16. The van der Waals surface area contributed by atoms with Crippen molar-refractivity contribution < 1.29 is 14.3 Å². The van der Waals surface area contributed by atoms with Crippen LogP contribution in [-0.2, 0) is 4.74 Å². The first-order valence-corrected chi connectivity index (χ1v) is 5.68. The van der Waals surface area contributed by atoms with E-state index in [1.165, 1.54) is 14.2 Å². The van der Waals surface area contributed by atoms with Gasteiger partial charge in [-0.2, -0.15) is 0 Å². The summed E-state index contributed by atoms with van der Waals surface area (Å²) in [5.41, 5.74) is 1.89. The van der Waals surface area contributed by atoms with Gasteiger partial charge in [-0.1, -0.05) is 11.6 Å². The quantitative estimate of drug-likeness (QED) is 0.619. The highest BCUT2D eigenvalue weighted by Crippen LogP contribution is 2.29. The number of esters is 1. The number of pyridine rings is 1. The number of hydrogen-bond donors (Lipinski definition) is 0. The number of carbonyl (C=O) groups is 1. The zero-order chi connectivity index (χ0) is 13.3. The van der Waals surface area contributed by atoms with Crippen LogP contribution in [0.2, 0.25) is 5.15 Å². The van der Waals surface area contributed by atoms with Gasteiger partial charge in [-0.15, -0.1) is 0 Å². The molecule has 94 valence electrons. The maximum atomic E-state index is 11.6. The molecule has 0 saturated heterocycles. The maximum Gasteiger partial charge on any atom is 0.338 e. The number of aromatic nitrogens is 1. The molecule has 18 heavy (non-hydrogen) atoms. The minimum absolute atomic E-state index is 0.414. The third-order valence-corrected chi connectivity index (χ3v) is 3.04. The highest BCUT2D eigenvalue weighted by molar-refractivity contribution is 6.30. The number of aryl methyl sites for hydroxylation is 1. The number of hydrogen-bond acceptors (Lipinski definition) is 4. The van der Waals surface area contributed by atoms with Crippen LogP contribution in [0.5, 0.6) is 5.75 Å². The summed E-state index contributed by atoms with van der Waals surface area (Å²) in [5.74, 6) is 0.0811. The number of benzene rings is 1. The number of halogens is 1. The topological polar surface area (TPSA) is 48.4 Å². The zero-order valence-electron chi connectivity index (χ0n) is 10.3. The van der Waals surface area contributed by atoms with Crippen molar-refractivity contribution in [3.05, 3.63) is 34.5 Å². The maximum absolute atomic E-state index is 11.6. The Labute approximate surface area is 109 Å². The minimum Gasteiger partial charge on any atom is -0.494 e. The van der Waals surface area contributed by atoms with E-state index in [2.05, 4.69) is 4.98 Å². The van der Waals surface area contributed by atoms with E-state index >= 15 is 0 Å². The van der Waals surface area contributed by atoms with Crippen molar-refractivity contribution >= 4 is 28.5 Å². The van der Waals surface area contributed by atoms with Gasteiger partial charge in [-0.25, -0.2) is 9.78 Å². The van der Waals surface area contributed by atoms with Crippen molar-refractivity contribution in [2.45, 2.75) is 6.92 Å². The van der Waals surface area contributed by atoms with Crippen LogP contribution in [0.25, 0.3) is 10.9 Å². The number of carbonyl (C=O) groups excluding carboxylic acids is 1. The average molecular weight is 266 g/mol. The molecule has 4 nitrogen and oxygen atoms in total. The normalized spacial score (nSPS) is 10.4. The van der Waals surface area contributed by atoms with Crippen molar-refractivity contribution in [2.75, 3.05) is 14.2 Å². The minimum atomic E-state index is -0.414. The van der Waals surface area contributed by atoms with Crippen LogP contribution in [0.1, 0.15) is 15.9 Å². The number of rotatable bonds is 2. The van der Waals surface area contributed by atoms with E-state index in [1.807, 2.05) is 13.0 Å². The molecule has 5 heteroatoms. The molecule has 1 aromatic carbocycles. The second-order valence-electron chi connectivity index (χ2n) is 3.84. The second kappa shape index (κ2) is 4.82. The van der Waals surface area contributed by atoms with Gasteiger partial charge >= 0.3 is 5.97 Å². The molecule has 0 bridgehead atoms. The van der Waals surface area contributed by atoms with Crippen LogP contribution in [0.4, 0.5) is 0 Å². The van der Waals surface area contributed by atoms with Crippen LogP contribution in [0.3, 0.4) is 0 Å². The summed E-state index contributed by atoms with van der Waals surface area (Å²) in [7, 11) is 2.86. The van der Waals surface area contributed by atoms with Crippen molar-refractivity contribution in [2.24, 2.45) is 0 Å². The zero-order valence-corrected chi connectivity index (χ0v) is 11.0. The van der Waals surface area contributed by atoms with Crippen molar-refractivity contribution in [3.63, 3.8) is 0 Å². The third kappa shape index (κ3) is 2.11. The molecule has 2 rings (SSSR count). The van der Waals surface area contributed by atoms with Gasteiger partial charge in [0.2, 0.25) is 0 Å². The van der Waals surface area contributed by atoms with Crippen LogP contribution in [0.15, 0.2) is 18.2 Å². The molecule has 0 aliphatic heterocycles. The summed E-state index contributed by atoms with van der Waals surface area (Å²) < 4.78 is 9.93. The van der Waals surface area contributed by atoms with E-state index in [-0.39, 0.29) is 0 Å². The van der Waals surface area contributed by atoms with Crippen molar-refractivity contribution in [1.82, 2.24) is 4.98 Å². The smallest absolute Gasteiger partial charge is 0.338 e. The predicted molar refractivity (Wildman–Crippen MR) is 69.4 cm³/mol. The van der Waals surface area contributed by atoms with Gasteiger partial charge in [0.1, 0.15) is 16.4 Å². The predicted octanol–water partition coefficient (Wildman–Crippen LogP) is 2.99. The molecule has 0 aliphatic rings. The standard InChI is InChI=1S/C13H12ClNO3/c1-7-4-8-5-9(13(16)18-3)6-10(17-2)11(8)15-12(7)14/h4-6H,1-3H3. The highest BCUT2D eigenvalue weighted by Gasteiger charge is 2.13. The molecule has 0 saturated carbocycles. The molecule has 0 fully saturated rings. The highest BCUT2D eigenvalue weighted by atomic mass is 35.5. The lowest BCUT2D eigenvalue weighted by Crippen LogP contribution is -2.02. The Morgan fingerprint density at radius 3 is 2.61 bits per heavy atom. The molecule has 0 unspecified atom stereocenters. The Balaban J connectivity index is 2.75. The van der Waals surface area contributed by atoms with Crippen molar-refractivity contribution in [3.8, 4) is 5.75 Å². The van der Waals surface area contributed by atoms with Gasteiger partial charge in [0, 0.05) is 5.39 Å². The fourth-order valence-electron chi connectivity index (χ4n) is 1.73. The van der Waals surface area contributed by atoms with Gasteiger partial charge in [0.05, 0.1) is 19.8 Å². The van der Waals surface area contributed by atoms with Gasteiger partial charge in [0.15, 0.2) is 0 Å². The number of fused-ring (bicyclic) bond motifs is 1. The van der Waals surface area contributed by atoms with Crippen LogP contribution >= 0.6 is 11.6 Å². The monoisotopic (exact) mass is 265 g/mol. The molecule has 0 N–H and O–H groups in total. The van der Waals surface area contributed by atoms with Gasteiger partial charge in [-0.05, 0) is 30.7 Å². The number of nitrogens with zero attached hydrogens (tertiary/aromatic N) is 1. The van der Waals surface area contributed by atoms with E-state index in [0.717, 1.165) is 10.9 Å². The van der Waals surface area contributed by atoms with E-state index in [4.69, 9.17) is 21.1 Å². The van der Waals surface area contributed by atoms with E-state index in [9.17, 15) is 4.79 Å². The summed E-state index contributed by atoms with van der Waals surface area (Å²) in [5, 5.41) is 1.21. The largest absolute Gasteiger partial charge is 0.494 e. The van der Waals surface area contributed by atoms with E-state index in [1.54, 1.807) is 12.1 Å². The summed E-state index contributed by atoms with van der Waals surface area (Å²) in [6.07, 6.45) is 0. The Hall–Kier alpha value is -1.81. The lowest BCUT2D eigenvalue weighted by molar-refractivity contribution is 0.0600. The lowest BCUT2D eigenvalue weighted by atomic mass is 10.1. The molecular weight excluding hydrogens is 254 g/mol. The summed E-state index contributed by atoms with van der Waals surface area (Å²) in [6.45, 7) is 1.85. The second-order valence-corrected chi connectivity index (χ2v) is 4.20. The molecule has 0 aliphatic carbocycles. The Bertz CT molecular complexity index is 625. The first-order valence-electron chi connectivity index (χ1n) is 5.30. The van der Waals surface area contributed by atoms with Gasteiger partial charge < -0.3 is 9.47 Å². The molecule has 0 amide bonds. The average Bonchev–Trinajstić information content (AvgIpc) is 2.38. The molecule has 0 spiro atoms. The third-order valence-electron chi connectivity index (χ3n) is 2.65. The van der Waals surface area contributed by atoms with Crippen LogP contribution in [-0.4, -0.2) is 25.2 Å². The van der Waals surface area contributed by atoms with Crippen LogP contribution < -0.4 is 4.74 Å². The van der Waals surface area contributed by atoms with Crippen LogP contribution in [0, 0.1) is 6.92 Å².